The Kier molecular flexibility index (Phi) is 3.92. The molecule has 0 bridgehead atoms. The van der Waals surface area contributed by atoms with Crippen molar-refractivity contribution < 1.29 is 9.53 Å². The molecule has 2 heterocycles. The minimum absolute atomic E-state index is 0.170. The molecule has 0 radical (unpaired) electrons. The summed E-state index contributed by atoms with van der Waals surface area (Å²) in [5.74, 6) is 1.17. The Morgan fingerprint density at radius 3 is 3.05 bits per heavy atom. The monoisotopic (exact) mass is 274 g/mol. The number of fused-ring (bicyclic) bond motifs is 1. The maximum Gasteiger partial charge on any atom is 0.220 e. The molecule has 1 fully saturated rings. The van der Waals surface area contributed by atoms with Crippen LogP contribution in [0.25, 0.3) is 0 Å². The zero-order valence-electron chi connectivity index (χ0n) is 11.9. The Hall–Kier alpha value is -1.55. The summed E-state index contributed by atoms with van der Waals surface area (Å²) in [6.45, 7) is 3.63. The second-order valence-electron chi connectivity index (χ2n) is 5.79. The van der Waals surface area contributed by atoms with Gasteiger partial charge in [0.05, 0.1) is 6.61 Å². The van der Waals surface area contributed by atoms with Crippen molar-refractivity contribution in [1.29, 1.82) is 0 Å². The summed E-state index contributed by atoms with van der Waals surface area (Å²) in [5, 5.41) is 6.65. The molecular weight excluding hydrogens is 252 g/mol. The molecule has 4 heteroatoms. The van der Waals surface area contributed by atoms with Crippen LogP contribution in [0.4, 0.5) is 0 Å². The molecular formula is C16H22N2O2. The first-order valence-electron chi connectivity index (χ1n) is 7.48. The fourth-order valence-electron chi connectivity index (χ4n) is 3.03. The molecule has 3 rings (SSSR count). The third-order valence-corrected chi connectivity index (χ3v) is 4.14. The van der Waals surface area contributed by atoms with Crippen LogP contribution >= 0.6 is 0 Å². The van der Waals surface area contributed by atoms with Crippen LogP contribution in [0.3, 0.4) is 0 Å². The molecule has 0 saturated carbocycles. The number of aryl methyl sites for hydroxylation is 1. The average Bonchev–Trinajstić information content (AvgIpc) is 2.64. The summed E-state index contributed by atoms with van der Waals surface area (Å²) in [5.41, 5.74) is 2.53. The molecule has 0 spiro atoms. The number of benzene rings is 1. The molecule has 0 unspecified atom stereocenters. The van der Waals surface area contributed by atoms with Gasteiger partial charge in [-0.2, -0.15) is 0 Å². The van der Waals surface area contributed by atoms with Crippen molar-refractivity contribution in [2.45, 2.75) is 44.7 Å². The Morgan fingerprint density at radius 2 is 2.25 bits per heavy atom. The summed E-state index contributed by atoms with van der Waals surface area (Å²) in [6.07, 6.45) is 3.69. The number of piperidine rings is 1. The van der Waals surface area contributed by atoms with E-state index in [0.29, 0.717) is 18.5 Å². The average molecular weight is 274 g/mol. The molecule has 2 aliphatic rings. The van der Waals surface area contributed by atoms with Crippen molar-refractivity contribution in [2.75, 3.05) is 13.2 Å². The molecule has 2 atom stereocenters. The number of rotatable bonds is 2. The number of hydrogen-bond donors (Lipinski definition) is 2. The maximum absolute atomic E-state index is 11.2. The summed E-state index contributed by atoms with van der Waals surface area (Å²) in [7, 11) is 0. The highest BCUT2D eigenvalue weighted by atomic mass is 16.5. The summed E-state index contributed by atoms with van der Waals surface area (Å²) < 4.78 is 5.83. The van der Waals surface area contributed by atoms with E-state index in [0.717, 1.165) is 38.2 Å². The van der Waals surface area contributed by atoms with Gasteiger partial charge in [-0.05, 0) is 32.3 Å². The van der Waals surface area contributed by atoms with Crippen LogP contribution in [-0.4, -0.2) is 25.1 Å². The van der Waals surface area contributed by atoms with Gasteiger partial charge >= 0.3 is 0 Å². The predicted molar refractivity (Wildman–Crippen MR) is 77.8 cm³/mol. The van der Waals surface area contributed by atoms with Crippen LogP contribution in [-0.2, 0) is 4.79 Å². The highest BCUT2D eigenvalue weighted by molar-refractivity contribution is 5.76. The Morgan fingerprint density at radius 1 is 1.35 bits per heavy atom. The van der Waals surface area contributed by atoms with Crippen LogP contribution in [0.15, 0.2) is 18.2 Å². The third kappa shape index (κ3) is 2.96. The number of carbonyl (C=O) groups excluding carboxylic acids is 1. The van der Waals surface area contributed by atoms with Gasteiger partial charge in [-0.1, -0.05) is 17.7 Å². The first kappa shape index (κ1) is 13.4. The number of ether oxygens (including phenoxy) is 1. The van der Waals surface area contributed by atoms with E-state index in [9.17, 15) is 4.79 Å². The van der Waals surface area contributed by atoms with Crippen molar-refractivity contribution in [1.82, 2.24) is 10.6 Å². The second kappa shape index (κ2) is 5.83. The van der Waals surface area contributed by atoms with E-state index in [1.54, 1.807) is 0 Å². The maximum atomic E-state index is 11.2. The quantitative estimate of drug-likeness (QED) is 0.868. The van der Waals surface area contributed by atoms with Crippen molar-refractivity contribution in [2.24, 2.45) is 0 Å². The van der Waals surface area contributed by atoms with Gasteiger partial charge in [0.25, 0.3) is 0 Å². The highest BCUT2D eigenvalue weighted by Crippen LogP contribution is 2.32. The number of carbonyl (C=O) groups is 1. The van der Waals surface area contributed by atoms with E-state index in [2.05, 4.69) is 35.8 Å². The predicted octanol–water partition coefficient (Wildman–Crippen LogP) is 2.08. The minimum atomic E-state index is 0.170. The number of nitrogens with one attached hydrogen (secondary N) is 2. The van der Waals surface area contributed by atoms with Crippen LogP contribution in [0, 0.1) is 6.92 Å². The fourth-order valence-corrected chi connectivity index (χ4v) is 3.03. The van der Waals surface area contributed by atoms with Gasteiger partial charge in [0, 0.05) is 30.6 Å². The van der Waals surface area contributed by atoms with Gasteiger partial charge in [-0.3, -0.25) is 4.79 Å². The second-order valence-corrected chi connectivity index (χ2v) is 5.79. The van der Waals surface area contributed by atoms with Crippen LogP contribution in [0.5, 0.6) is 5.75 Å². The van der Waals surface area contributed by atoms with E-state index in [4.69, 9.17) is 4.74 Å². The molecule has 1 aromatic carbocycles. The lowest BCUT2D eigenvalue weighted by molar-refractivity contribution is -0.122. The topological polar surface area (TPSA) is 50.4 Å². The van der Waals surface area contributed by atoms with E-state index in [-0.39, 0.29) is 5.91 Å². The zero-order chi connectivity index (χ0) is 13.9. The lowest BCUT2D eigenvalue weighted by Gasteiger charge is -2.29. The van der Waals surface area contributed by atoms with Crippen molar-refractivity contribution in [3.8, 4) is 5.75 Å². The van der Waals surface area contributed by atoms with E-state index >= 15 is 0 Å². The highest BCUT2D eigenvalue weighted by Gasteiger charge is 2.25. The fraction of sp³-hybridized carbons (Fsp3) is 0.562. The van der Waals surface area contributed by atoms with Gasteiger partial charge in [0.2, 0.25) is 5.91 Å². The number of amides is 1. The minimum Gasteiger partial charge on any atom is -0.493 e. The van der Waals surface area contributed by atoms with E-state index in [1.165, 1.54) is 11.1 Å². The van der Waals surface area contributed by atoms with Gasteiger partial charge < -0.3 is 15.4 Å². The zero-order valence-corrected chi connectivity index (χ0v) is 11.9. The Bertz CT molecular complexity index is 491. The normalized spacial score (nSPS) is 26.1. The van der Waals surface area contributed by atoms with E-state index < -0.39 is 0 Å². The SMILES string of the molecule is Cc1ccc2c(c1)[C@H](N[C@H]1CCC(=O)NC1)CCCO2. The molecule has 2 N–H and O–H groups in total. The molecule has 0 aliphatic carbocycles. The molecule has 1 aromatic rings. The summed E-state index contributed by atoms with van der Waals surface area (Å²) in [4.78, 5) is 11.2. The van der Waals surface area contributed by atoms with Gasteiger partial charge in [-0.15, -0.1) is 0 Å². The molecule has 0 aromatic heterocycles. The van der Waals surface area contributed by atoms with Crippen molar-refractivity contribution in [3.63, 3.8) is 0 Å². The molecule has 2 aliphatic heterocycles. The van der Waals surface area contributed by atoms with Gasteiger partial charge in [0.1, 0.15) is 5.75 Å². The molecule has 1 amide bonds. The standard InChI is InChI=1S/C16H22N2O2/c1-11-4-6-15-13(9-11)14(3-2-8-20-15)18-12-5-7-16(19)17-10-12/h4,6,9,12,14,18H,2-3,5,7-8,10H2,1H3,(H,17,19)/t12-,14+/m0/s1. The molecule has 4 nitrogen and oxygen atoms in total. The summed E-state index contributed by atoms with van der Waals surface area (Å²) >= 11 is 0. The lowest BCUT2D eigenvalue weighted by atomic mass is 9.97. The third-order valence-electron chi connectivity index (χ3n) is 4.14. The number of hydrogen-bond acceptors (Lipinski definition) is 3. The van der Waals surface area contributed by atoms with Crippen LogP contribution < -0.4 is 15.4 Å². The first-order valence-corrected chi connectivity index (χ1v) is 7.48. The van der Waals surface area contributed by atoms with Crippen molar-refractivity contribution >= 4 is 5.91 Å². The van der Waals surface area contributed by atoms with Gasteiger partial charge in [0.15, 0.2) is 0 Å². The first-order chi connectivity index (χ1) is 9.72. The van der Waals surface area contributed by atoms with Crippen LogP contribution in [0.1, 0.15) is 42.9 Å². The largest absolute Gasteiger partial charge is 0.493 e. The Balaban J connectivity index is 1.76. The van der Waals surface area contributed by atoms with Crippen LogP contribution in [0.2, 0.25) is 0 Å². The smallest absolute Gasteiger partial charge is 0.220 e. The lowest BCUT2D eigenvalue weighted by Crippen LogP contribution is -2.46. The summed E-state index contributed by atoms with van der Waals surface area (Å²) in [6, 6.07) is 7.09. The molecule has 20 heavy (non-hydrogen) atoms. The Labute approximate surface area is 119 Å². The van der Waals surface area contributed by atoms with Crippen molar-refractivity contribution in [3.05, 3.63) is 29.3 Å². The van der Waals surface area contributed by atoms with Gasteiger partial charge in [-0.25, -0.2) is 0 Å². The van der Waals surface area contributed by atoms with E-state index in [1.807, 2.05) is 0 Å². The molecule has 108 valence electrons. The molecule has 1 saturated heterocycles.